The highest BCUT2D eigenvalue weighted by molar-refractivity contribution is 9.09. The van der Waals surface area contributed by atoms with Gasteiger partial charge in [-0.25, -0.2) is 9.97 Å². The maximum Gasteiger partial charge on any atom is 0.270 e. The summed E-state index contributed by atoms with van der Waals surface area (Å²) < 4.78 is 3.44. The van der Waals surface area contributed by atoms with Gasteiger partial charge in [0.1, 0.15) is 34.6 Å². The maximum atomic E-state index is 13.0. The van der Waals surface area contributed by atoms with Crippen LogP contribution in [-0.4, -0.2) is 110 Å². The molecular formula is C52H64Br2N14O2. The van der Waals surface area contributed by atoms with Crippen LogP contribution in [0.1, 0.15) is 96.8 Å². The van der Waals surface area contributed by atoms with Crippen molar-refractivity contribution in [3.8, 4) is 12.1 Å². The Morgan fingerprint density at radius 1 is 0.700 bits per heavy atom. The number of benzene rings is 2. The highest BCUT2D eigenvalue weighted by Crippen LogP contribution is 2.33. The monoisotopic (exact) mass is 1070 g/mol. The molecule has 0 bridgehead atoms. The minimum atomic E-state index is -0.253. The third-order valence-electron chi connectivity index (χ3n) is 13.5. The first-order chi connectivity index (χ1) is 33.5. The number of aromatic nitrogens is 6. The van der Waals surface area contributed by atoms with Crippen LogP contribution >= 0.6 is 32.9 Å². The van der Waals surface area contributed by atoms with Gasteiger partial charge in [-0.1, -0.05) is 53.7 Å². The smallest absolute Gasteiger partial charge is 0.270 e. The first kappa shape index (κ1) is 52.2. The fourth-order valence-electron chi connectivity index (χ4n) is 9.73. The van der Waals surface area contributed by atoms with E-state index in [1.165, 1.54) is 22.3 Å². The second-order valence-corrected chi connectivity index (χ2v) is 19.8. The molecule has 2 aromatic carbocycles. The second-order valence-electron chi connectivity index (χ2n) is 19.0. The van der Waals surface area contributed by atoms with Crippen LogP contribution in [0.3, 0.4) is 0 Å². The van der Waals surface area contributed by atoms with Crippen LogP contribution in [0, 0.1) is 22.7 Å². The molecule has 4 aromatic heterocycles. The molecule has 2 aliphatic carbocycles. The zero-order valence-electron chi connectivity index (χ0n) is 40.7. The number of nitrogens with zero attached hydrogens (tertiary/aromatic N) is 11. The molecule has 0 spiro atoms. The average Bonchev–Trinajstić information content (AvgIpc) is 4.10. The minimum absolute atomic E-state index is 0. The number of nitriles is 2. The van der Waals surface area contributed by atoms with E-state index in [0.29, 0.717) is 28.6 Å². The largest absolute Gasteiger partial charge is 0.324 e. The molecule has 0 radical (unpaired) electrons. The standard InChI is InChI=1S/C26H31N7O.C22H22N6O.C4H10BrN.BrH/c1-31(2)11-12-32-10-9-18-7-8-22(14-21(18)17-32)29-26-28-16-20-13-19(15-27)25(34)33(24(20)30-26)23-5-3-4-6-23;23-11-15-9-17-13-25-22(26-18-6-5-14-7-8-24-12-16(14)10-18)27-20(17)28(21(15)29)19-3-1-2-4-19;1-6(2)4-3-5;/h7-8,13-14,16,23H,3-6,9-12,17H2,1-2H3,(H,28,29,30);5-6,9-10,13,19,24H,1-4,7-8,12H2,(H,25,26,27);3-4H2,1-2H3;1H. The molecule has 70 heavy (non-hydrogen) atoms. The van der Waals surface area contributed by atoms with E-state index in [9.17, 15) is 20.1 Å². The van der Waals surface area contributed by atoms with Crippen molar-refractivity contribution in [2.24, 2.45) is 0 Å². The van der Waals surface area contributed by atoms with E-state index in [1.54, 1.807) is 33.7 Å². The lowest BCUT2D eigenvalue weighted by molar-refractivity contribution is 0.225. The Labute approximate surface area is 429 Å². The van der Waals surface area contributed by atoms with Gasteiger partial charge in [0.25, 0.3) is 11.1 Å². The van der Waals surface area contributed by atoms with Gasteiger partial charge in [-0.3, -0.25) is 23.6 Å². The molecule has 0 amide bonds. The lowest BCUT2D eigenvalue weighted by atomic mass is 9.99. The molecule has 2 saturated carbocycles. The Hall–Kier alpha value is -5.60. The molecule has 0 unspecified atom stereocenters. The number of rotatable bonds is 11. The summed E-state index contributed by atoms with van der Waals surface area (Å²) in [7, 11) is 8.33. The second kappa shape index (κ2) is 24.5. The van der Waals surface area contributed by atoms with Crippen LogP contribution in [0.15, 0.2) is 70.5 Å². The third-order valence-corrected chi connectivity index (χ3v) is 13.8. The van der Waals surface area contributed by atoms with Crippen LogP contribution in [0.4, 0.5) is 23.3 Å². The maximum absolute atomic E-state index is 13.0. The van der Waals surface area contributed by atoms with E-state index >= 15 is 0 Å². The Morgan fingerprint density at radius 3 is 1.67 bits per heavy atom. The summed E-state index contributed by atoms with van der Waals surface area (Å²) in [5.74, 6) is 0.917. The first-order valence-electron chi connectivity index (χ1n) is 24.2. The van der Waals surface area contributed by atoms with E-state index in [0.717, 1.165) is 132 Å². The number of likely N-dealkylation sites (N-methyl/N-ethyl adjacent to an activating group) is 1. The number of nitrogens with one attached hydrogen (secondary N) is 3. The normalized spacial score (nSPS) is 15.8. The molecule has 2 fully saturated rings. The van der Waals surface area contributed by atoms with Gasteiger partial charge < -0.3 is 25.8 Å². The summed E-state index contributed by atoms with van der Waals surface area (Å²) in [6, 6.07) is 20.2. The number of halogens is 2. The van der Waals surface area contributed by atoms with E-state index in [2.05, 4.69) is 120 Å². The number of hydrogen-bond acceptors (Lipinski definition) is 14. The van der Waals surface area contributed by atoms with E-state index in [-0.39, 0.29) is 51.3 Å². The van der Waals surface area contributed by atoms with Crippen molar-refractivity contribution in [3.05, 3.63) is 115 Å². The summed E-state index contributed by atoms with van der Waals surface area (Å²) in [6.07, 6.45) is 13.6. The van der Waals surface area contributed by atoms with Crippen molar-refractivity contribution in [3.63, 3.8) is 0 Å². The van der Waals surface area contributed by atoms with Gasteiger partial charge in [0.05, 0.1) is 0 Å². The average molecular weight is 1080 g/mol. The van der Waals surface area contributed by atoms with Gasteiger partial charge in [0.15, 0.2) is 0 Å². The topological polar surface area (TPSA) is 189 Å². The summed E-state index contributed by atoms with van der Waals surface area (Å²) in [4.78, 5) is 51.1. The number of alkyl halides is 1. The lowest BCUT2D eigenvalue weighted by Gasteiger charge is -2.30. The Kier molecular flexibility index (Phi) is 18.3. The SMILES string of the molecule is Br.CN(C)CCBr.CN(C)CCN1CCc2ccc(Nc3ncc4cc(C#N)c(=O)n(C5CCCC5)c4n3)cc2C1.N#Cc1cc2cnc(Nc3ccc4c(c3)CNCC4)nc2n(C2CCCC2)c1=O. The van der Waals surface area contributed by atoms with Crippen molar-refractivity contribution in [2.75, 3.05) is 76.9 Å². The zero-order chi connectivity index (χ0) is 48.4. The van der Waals surface area contributed by atoms with Crippen LogP contribution < -0.4 is 27.1 Å². The highest BCUT2D eigenvalue weighted by Gasteiger charge is 2.25. The summed E-state index contributed by atoms with van der Waals surface area (Å²) in [5, 5.41) is 31.3. The van der Waals surface area contributed by atoms with Crippen LogP contribution in [0.25, 0.3) is 22.1 Å². The van der Waals surface area contributed by atoms with Gasteiger partial charge in [-0.15, -0.1) is 17.0 Å². The molecule has 16 nitrogen and oxygen atoms in total. The molecule has 2 aliphatic heterocycles. The molecule has 0 saturated heterocycles. The van der Waals surface area contributed by atoms with E-state index < -0.39 is 0 Å². The van der Waals surface area contributed by atoms with Gasteiger partial charge >= 0.3 is 0 Å². The fourth-order valence-corrected chi connectivity index (χ4v) is 10.4. The fraction of sp³-hybridized carbons (Fsp3) is 0.462. The predicted octanol–water partition coefficient (Wildman–Crippen LogP) is 8.13. The van der Waals surface area contributed by atoms with E-state index in [4.69, 9.17) is 4.98 Å². The molecule has 4 aliphatic rings. The molecule has 6 heterocycles. The van der Waals surface area contributed by atoms with Crippen LogP contribution in [0.2, 0.25) is 0 Å². The predicted molar refractivity (Wildman–Crippen MR) is 287 cm³/mol. The molecule has 0 atom stereocenters. The lowest BCUT2D eigenvalue weighted by Crippen LogP contribution is -2.35. The Balaban J connectivity index is 0.000000184. The summed E-state index contributed by atoms with van der Waals surface area (Å²) in [6.45, 7) is 7.13. The molecule has 3 N–H and O–H groups in total. The summed E-state index contributed by atoms with van der Waals surface area (Å²) >= 11 is 3.31. The van der Waals surface area contributed by atoms with Crippen molar-refractivity contribution in [2.45, 2.75) is 89.4 Å². The van der Waals surface area contributed by atoms with Gasteiger partial charge in [0, 0.05) is 91.2 Å². The highest BCUT2D eigenvalue weighted by atomic mass is 79.9. The zero-order valence-corrected chi connectivity index (χ0v) is 44.0. The van der Waals surface area contributed by atoms with Gasteiger partial charge in [-0.05, 0) is 132 Å². The van der Waals surface area contributed by atoms with Crippen molar-refractivity contribution in [1.29, 1.82) is 10.5 Å². The quantitative estimate of drug-likeness (QED) is 0.106. The number of anilines is 4. The van der Waals surface area contributed by atoms with E-state index in [1.807, 2.05) is 18.2 Å². The number of fused-ring (bicyclic) bond motifs is 4. The van der Waals surface area contributed by atoms with Crippen molar-refractivity contribution in [1.82, 2.24) is 49.1 Å². The Morgan fingerprint density at radius 2 is 1.20 bits per heavy atom. The van der Waals surface area contributed by atoms with Gasteiger partial charge in [-0.2, -0.15) is 20.5 Å². The van der Waals surface area contributed by atoms with Gasteiger partial charge in [0.2, 0.25) is 11.9 Å². The Bertz CT molecular complexity index is 2980. The van der Waals surface area contributed by atoms with Crippen molar-refractivity contribution >= 4 is 78.2 Å². The first-order valence-corrected chi connectivity index (χ1v) is 25.3. The summed E-state index contributed by atoms with van der Waals surface area (Å²) in [5.41, 5.74) is 8.23. The number of pyridine rings is 2. The molecule has 18 heteroatoms. The molecular weight excluding hydrogens is 1010 g/mol. The molecule has 368 valence electrons. The minimum Gasteiger partial charge on any atom is -0.324 e. The third kappa shape index (κ3) is 12.6. The van der Waals surface area contributed by atoms with Crippen LogP contribution in [-0.2, 0) is 25.9 Å². The molecule has 10 rings (SSSR count). The van der Waals surface area contributed by atoms with Crippen LogP contribution in [0.5, 0.6) is 0 Å². The number of hydrogen-bond donors (Lipinski definition) is 3. The molecule has 6 aromatic rings. The van der Waals surface area contributed by atoms with Crippen molar-refractivity contribution < 1.29 is 0 Å².